The van der Waals surface area contributed by atoms with Crippen LogP contribution in [0.1, 0.15) is 17.5 Å². The van der Waals surface area contributed by atoms with Crippen LogP contribution in [0.4, 0.5) is 4.39 Å². The van der Waals surface area contributed by atoms with E-state index in [0.29, 0.717) is 10.6 Å². The summed E-state index contributed by atoms with van der Waals surface area (Å²) in [5.74, 6) is -0.232. The highest BCUT2D eigenvalue weighted by molar-refractivity contribution is 7.14. The van der Waals surface area contributed by atoms with Gasteiger partial charge >= 0.3 is 0 Å². The molecular formula is C13H16FN3S. The molecule has 0 aliphatic rings. The largest absolute Gasteiger partial charge is 0.317 e. The first-order valence-electron chi connectivity index (χ1n) is 6.00. The summed E-state index contributed by atoms with van der Waals surface area (Å²) < 4.78 is 13.8. The van der Waals surface area contributed by atoms with E-state index in [1.54, 1.807) is 6.07 Å². The van der Waals surface area contributed by atoms with Crippen LogP contribution in [0.25, 0.3) is 10.6 Å². The van der Waals surface area contributed by atoms with Gasteiger partial charge in [-0.25, -0.2) is 4.39 Å². The van der Waals surface area contributed by atoms with E-state index in [-0.39, 0.29) is 5.82 Å². The molecule has 1 N–H and O–H groups in total. The Kier molecular flexibility index (Phi) is 4.38. The lowest BCUT2D eigenvalue weighted by molar-refractivity contribution is 0.629. The van der Waals surface area contributed by atoms with Gasteiger partial charge in [-0.2, -0.15) is 0 Å². The van der Waals surface area contributed by atoms with E-state index in [9.17, 15) is 4.39 Å². The Morgan fingerprint density at radius 2 is 2.17 bits per heavy atom. The Labute approximate surface area is 110 Å². The van der Waals surface area contributed by atoms with Crippen molar-refractivity contribution in [3.05, 3.63) is 34.6 Å². The first kappa shape index (κ1) is 13.1. The van der Waals surface area contributed by atoms with Crippen molar-refractivity contribution in [2.24, 2.45) is 0 Å². The minimum absolute atomic E-state index is 0.232. The summed E-state index contributed by atoms with van der Waals surface area (Å²) in [6.07, 6.45) is 0.832. The van der Waals surface area contributed by atoms with E-state index in [2.05, 4.69) is 22.4 Å². The van der Waals surface area contributed by atoms with Crippen LogP contribution >= 0.6 is 11.3 Å². The quantitative estimate of drug-likeness (QED) is 0.845. The molecule has 0 amide bonds. The molecule has 3 nitrogen and oxygen atoms in total. The molecule has 96 valence electrons. The van der Waals surface area contributed by atoms with Crippen LogP contribution in [0, 0.1) is 12.7 Å². The van der Waals surface area contributed by atoms with Crippen LogP contribution in [-0.2, 0) is 6.42 Å². The van der Waals surface area contributed by atoms with Crippen molar-refractivity contribution in [3.8, 4) is 10.6 Å². The molecule has 0 saturated carbocycles. The maximum Gasteiger partial charge on any atom is 0.150 e. The Hall–Kier alpha value is -1.33. The lowest BCUT2D eigenvalue weighted by atomic mass is 10.1. The lowest BCUT2D eigenvalue weighted by Crippen LogP contribution is -2.15. The topological polar surface area (TPSA) is 37.8 Å². The molecule has 1 heterocycles. The smallest absolute Gasteiger partial charge is 0.150 e. The Bertz CT molecular complexity index is 525. The fourth-order valence-corrected chi connectivity index (χ4v) is 2.50. The highest BCUT2D eigenvalue weighted by atomic mass is 32.1. The molecule has 1 aromatic carbocycles. The van der Waals surface area contributed by atoms with Crippen LogP contribution in [0.15, 0.2) is 18.2 Å². The molecule has 0 unspecified atom stereocenters. The highest BCUT2D eigenvalue weighted by Crippen LogP contribution is 2.26. The standard InChI is InChI=1S/C13H16FN3S/c1-3-15-7-6-12-16-17-13(18-12)10-5-4-9(2)8-11(10)14/h4-5,8,15H,3,6-7H2,1-2H3. The van der Waals surface area contributed by atoms with Gasteiger partial charge in [-0.05, 0) is 31.2 Å². The Morgan fingerprint density at radius 3 is 2.89 bits per heavy atom. The van der Waals surface area contributed by atoms with Gasteiger partial charge in [-0.3, -0.25) is 0 Å². The van der Waals surface area contributed by atoms with E-state index in [1.807, 2.05) is 13.0 Å². The fraction of sp³-hybridized carbons (Fsp3) is 0.385. The van der Waals surface area contributed by atoms with Crippen molar-refractivity contribution in [1.82, 2.24) is 15.5 Å². The van der Waals surface area contributed by atoms with Crippen molar-refractivity contribution in [1.29, 1.82) is 0 Å². The number of rotatable bonds is 5. The highest BCUT2D eigenvalue weighted by Gasteiger charge is 2.10. The van der Waals surface area contributed by atoms with Crippen LogP contribution in [-0.4, -0.2) is 23.3 Å². The number of halogens is 1. The number of aromatic nitrogens is 2. The number of nitrogens with zero attached hydrogens (tertiary/aromatic N) is 2. The molecule has 0 aliphatic carbocycles. The van der Waals surface area contributed by atoms with E-state index in [4.69, 9.17) is 0 Å². The maximum atomic E-state index is 13.8. The zero-order valence-corrected chi connectivity index (χ0v) is 11.4. The third-order valence-electron chi connectivity index (χ3n) is 2.59. The SMILES string of the molecule is CCNCCc1nnc(-c2ccc(C)cc2F)s1. The molecule has 0 bridgehead atoms. The van der Waals surface area contributed by atoms with Gasteiger partial charge in [-0.15, -0.1) is 10.2 Å². The second-order valence-corrected chi connectivity index (χ2v) is 5.15. The number of hydrogen-bond acceptors (Lipinski definition) is 4. The van der Waals surface area contributed by atoms with Crippen LogP contribution in [0.2, 0.25) is 0 Å². The van der Waals surface area contributed by atoms with Gasteiger partial charge in [0, 0.05) is 18.5 Å². The van der Waals surface area contributed by atoms with Crippen molar-refractivity contribution in [3.63, 3.8) is 0 Å². The predicted octanol–water partition coefficient (Wildman–Crippen LogP) is 2.80. The Balaban J connectivity index is 2.13. The Morgan fingerprint density at radius 1 is 1.33 bits per heavy atom. The van der Waals surface area contributed by atoms with Gasteiger partial charge in [0.2, 0.25) is 0 Å². The average Bonchev–Trinajstić information content (AvgIpc) is 2.78. The minimum Gasteiger partial charge on any atom is -0.317 e. The monoisotopic (exact) mass is 265 g/mol. The van der Waals surface area contributed by atoms with Gasteiger partial charge in [-0.1, -0.05) is 24.3 Å². The summed E-state index contributed by atoms with van der Waals surface area (Å²) >= 11 is 1.45. The summed E-state index contributed by atoms with van der Waals surface area (Å²) in [5.41, 5.74) is 1.45. The third-order valence-corrected chi connectivity index (χ3v) is 3.60. The van der Waals surface area contributed by atoms with Gasteiger partial charge in [0.15, 0.2) is 5.01 Å². The first-order chi connectivity index (χ1) is 8.70. The number of hydrogen-bond donors (Lipinski definition) is 1. The summed E-state index contributed by atoms with van der Waals surface area (Å²) in [6, 6.07) is 5.17. The molecule has 2 rings (SSSR count). The van der Waals surface area contributed by atoms with Crippen molar-refractivity contribution in [2.45, 2.75) is 20.3 Å². The van der Waals surface area contributed by atoms with E-state index >= 15 is 0 Å². The molecular weight excluding hydrogens is 249 g/mol. The second kappa shape index (κ2) is 6.02. The number of nitrogens with one attached hydrogen (secondary N) is 1. The molecule has 0 spiro atoms. The lowest BCUT2D eigenvalue weighted by Gasteiger charge is -1.99. The van der Waals surface area contributed by atoms with Gasteiger partial charge < -0.3 is 5.32 Å². The molecule has 0 aliphatic heterocycles. The summed E-state index contributed by atoms with van der Waals surface area (Å²) in [4.78, 5) is 0. The molecule has 0 saturated heterocycles. The van der Waals surface area contributed by atoms with E-state index in [0.717, 1.165) is 30.1 Å². The molecule has 1 aromatic heterocycles. The van der Waals surface area contributed by atoms with Crippen molar-refractivity contribution < 1.29 is 4.39 Å². The summed E-state index contributed by atoms with van der Waals surface area (Å²) in [6.45, 7) is 5.75. The van der Waals surface area contributed by atoms with E-state index in [1.165, 1.54) is 17.4 Å². The second-order valence-electron chi connectivity index (χ2n) is 4.09. The first-order valence-corrected chi connectivity index (χ1v) is 6.82. The average molecular weight is 265 g/mol. The maximum absolute atomic E-state index is 13.8. The summed E-state index contributed by atoms with van der Waals surface area (Å²) in [7, 11) is 0. The predicted molar refractivity (Wildman–Crippen MR) is 72.3 cm³/mol. The van der Waals surface area contributed by atoms with Crippen LogP contribution in [0.5, 0.6) is 0 Å². The molecule has 0 fully saturated rings. The van der Waals surface area contributed by atoms with Crippen molar-refractivity contribution in [2.75, 3.05) is 13.1 Å². The molecule has 0 atom stereocenters. The number of benzene rings is 1. The molecule has 2 aromatic rings. The molecule has 0 radical (unpaired) electrons. The van der Waals surface area contributed by atoms with Crippen LogP contribution < -0.4 is 5.32 Å². The third kappa shape index (κ3) is 3.11. The van der Waals surface area contributed by atoms with E-state index < -0.39 is 0 Å². The summed E-state index contributed by atoms with van der Waals surface area (Å²) in [5, 5.41) is 13.0. The van der Waals surface area contributed by atoms with Gasteiger partial charge in [0.25, 0.3) is 0 Å². The molecule has 18 heavy (non-hydrogen) atoms. The molecule has 5 heteroatoms. The number of likely N-dealkylation sites (N-methyl/N-ethyl adjacent to an activating group) is 1. The number of aryl methyl sites for hydroxylation is 1. The zero-order valence-electron chi connectivity index (χ0n) is 10.5. The van der Waals surface area contributed by atoms with Crippen molar-refractivity contribution >= 4 is 11.3 Å². The zero-order chi connectivity index (χ0) is 13.0. The van der Waals surface area contributed by atoms with Gasteiger partial charge in [0.1, 0.15) is 10.8 Å². The minimum atomic E-state index is -0.232. The fourth-order valence-electron chi connectivity index (χ4n) is 1.63. The van der Waals surface area contributed by atoms with Gasteiger partial charge in [0.05, 0.1) is 0 Å². The van der Waals surface area contributed by atoms with Crippen LogP contribution in [0.3, 0.4) is 0 Å². The normalized spacial score (nSPS) is 10.8.